The average Bonchev–Trinajstić information content (AvgIpc) is 3.52. The number of fused-ring (bicyclic) bond motifs is 8. The molecular formula is C66H46N2Si. The number of para-hydroxylation sites is 2. The molecule has 12 aromatic carbocycles. The maximum atomic E-state index is 2.57. The molecule has 0 radical (unpaired) electrons. The van der Waals surface area contributed by atoms with Crippen molar-refractivity contribution in [3.05, 3.63) is 279 Å². The first-order chi connectivity index (χ1) is 34.2. The molecule has 0 atom stereocenters. The average molecular weight is 895 g/mol. The molecule has 0 bridgehead atoms. The van der Waals surface area contributed by atoms with Crippen molar-refractivity contribution in [2.45, 2.75) is 0 Å². The summed E-state index contributed by atoms with van der Waals surface area (Å²) in [6, 6.07) is 104. The highest BCUT2D eigenvalue weighted by Crippen LogP contribution is 2.45. The first-order valence-electron chi connectivity index (χ1n) is 23.8. The molecule has 3 heteroatoms. The van der Waals surface area contributed by atoms with E-state index in [1.165, 1.54) is 75.3 Å². The van der Waals surface area contributed by atoms with Crippen LogP contribution in [0.15, 0.2) is 279 Å². The van der Waals surface area contributed by atoms with Crippen LogP contribution in [-0.4, -0.2) is 8.07 Å². The Labute approximate surface area is 404 Å². The van der Waals surface area contributed by atoms with Crippen molar-refractivity contribution in [3.63, 3.8) is 0 Å². The minimum Gasteiger partial charge on any atom is -0.310 e. The van der Waals surface area contributed by atoms with Crippen LogP contribution in [0.2, 0.25) is 0 Å². The van der Waals surface area contributed by atoms with Gasteiger partial charge in [-0.2, -0.15) is 0 Å². The summed E-state index contributed by atoms with van der Waals surface area (Å²) in [4.78, 5) is 4.94. The highest BCUT2D eigenvalue weighted by molar-refractivity contribution is 7.21. The van der Waals surface area contributed by atoms with E-state index in [2.05, 4.69) is 289 Å². The maximum Gasteiger partial charge on any atom is 0.181 e. The second-order valence-corrected chi connectivity index (χ2v) is 21.8. The molecule has 324 valence electrons. The second kappa shape index (κ2) is 16.8. The van der Waals surface area contributed by atoms with Crippen LogP contribution in [0.5, 0.6) is 0 Å². The predicted octanol–water partition coefficient (Wildman–Crippen LogP) is 15.1. The van der Waals surface area contributed by atoms with Crippen LogP contribution >= 0.6 is 0 Å². The Morgan fingerprint density at radius 1 is 0.232 bits per heavy atom. The Hall–Kier alpha value is -8.76. The Bertz CT molecular complexity index is 3590. The van der Waals surface area contributed by atoms with Crippen molar-refractivity contribution in [2.75, 3.05) is 9.80 Å². The number of rotatable bonds is 8. The number of hydrogen-bond donors (Lipinski definition) is 0. The normalized spacial score (nSPS) is 12.5. The fraction of sp³-hybridized carbons (Fsp3) is 0. The first kappa shape index (κ1) is 40.5. The molecule has 0 aromatic heterocycles. The fourth-order valence-corrected chi connectivity index (χ4v) is 16.5. The molecule has 0 spiro atoms. The molecule has 0 amide bonds. The van der Waals surface area contributed by atoms with E-state index >= 15 is 0 Å². The Morgan fingerprint density at radius 2 is 0.580 bits per heavy atom. The summed E-state index contributed by atoms with van der Waals surface area (Å²) in [6.45, 7) is 0. The van der Waals surface area contributed by atoms with Gasteiger partial charge in [-0.15, -0.1) is 0 Å². The second-order valence-electron chi connectivity index (χ2n) is 18.0. The lowest BCUT2D eigenvalue weighted by molar-refractivity contribution is 1.30. The zero-order chi connectivity index (χ0) is 45.7. The third-order valence-corrected chi connectivity index (χ3v) is 19.1. The highest BCUT2D eigenvalue weighted by Gasteiger charge is 2.47. The Balaban J connectivity index is 1.19. The largest absolute Gasteiger partial charge is 0.310 e. The van der Waals surface area contributed by atoms with Crippen LogP contribution in [0, 0.1) is 0 Å². The molecule has 1 aliphatic heterocycles. The van der Waals surface area contributed by atoms with Gasteiger partial charge in [0.15, 0.2) is 8.07 Å². The van der Waals surface area contributed by atoms with Gasteiger partial charge in [0.1, 0.15) is 0 Å². The van der Waals surface area contributed by atoms with Gasteiger partial charge in [-0.1, -0.05) is 206 Å². The standard InChI is InChI=1S/C66H46N2Si/c1-5-27-51(28-6-1)67(63-37-19-25-47-21-15-17-35-57(47)63)53-39-41-59-61-43-49-23-13-14-24-50(49)44-62(61)60-42-40-54(68(52-29-7-2-8-30-52)64-38-20-26-48-22-16-18-36-58(48)64)46-66(60)69(65(59)45-53,55-31-9-3-10-32-55)56-33-11-4-12-34-56/h1-46H. The molecule has 0 fully saturated rings. The number of hydrogen-bond acceptors (Lipinski definition) is 2. The quantitative estimate of drug-likeness (QED) is 0.140. The van der Waals surface area contributed by atoms with E-state index in [4.69, 9.17) is 0 Å². The van der Waals surface area contributed by atoms with Gasteiger partial charge >= 0.3 is 0 Å². The molecule has 0 N–H and O–H groups in total. The molecule has 0 saturated carbocycles. The molecule has 13 rings (SSSR count). The van der Waals surface area contributed by atoms with Crippen LogP contribution in [0.25, 0.3) is 54.6 Å². The summed E-state index contributed by atoms with van der Waals surface area (Å²) in [7, 11) is -3.32. The summed E-state index contributed by atoms with van der Waals surface area (Å²) in [6.07, 6.45) is 0. The molecular weight excluding hydrogens is 849 g/mol. The highest BCUT2D eigenvalue weighted by atomic mass is 28.3. The molecule has 12 aromatic rings. The minimum absolute atomic E-state index is 1.11. The minimum atomic E-state index is -3.32. The lowest BCUT2D eigenvalue weighted by Crippen LogP contribution is -2.75. The van der Waals surface area contributed by atoms with E-state index in [9.17, 15) is 0 Å². The summed E-state index contributed by atoms with van der Waals surface area (Å²) in [5.41, 5.74) is 11.7. The van der Waals surface area contributed by atoms with Crippen LogP contribution < -0.4 is 30.5 Å². The van der Waals surface area contributed by atoms with Crippen molar-refractivity contribution in [3.8, 4) is 22.3 Å². The van der Waals surface area contributed by atoms with Gasteiger partial charge in [-0.25, -0.2) is 0 Å². The number of nitrogens with zero attached hydrogens (tertiary/aromatic N) is 2. The summed E-state index contributed by atoms with van der Waals surface area (Å²) in [5.74, 6) is 0. The van der Waals surface area contributed by atoms with Crippen molar-refractivity contribution in [1.82, 2.24) is 0 Å². The van der Waals surface area contributed by atoms with E-state index in [0.29, 0.717) is 0 Å². The topological polar surface area (TPSA) is 6.48 Å². The van der Waals surface area contributed by atoms with Gasteiger partial charge in [-0.3, -0.25) is 0 Å². The van der Waals surface area contributed by atoms with Gasteiger partial charge in [-0.05, 0) is 137 Å². The van der Waals surface area contributed by atoms with Gasteiger partial charge in [0, 0.05) is 33.5 Å². The lowest BCUT2D eigenvalue weighted by Gasteiger charge is -2.38. The van der Waals surface area contributed by atoms with Gasteiger partial charge < -0.3 is 9.80 Å². The Kier molecular flexibility index (Phi) is 9.88. The lowest BCUT2D eigenvalue weighted by atomic mass is 9.91. The fourth-order valence-electron chi connectivity index (χ4n) is 11.2. The van der Waals surface area contributed by atoms with Gasteiger partial charge in [0.25, 0.3) is 0 Å². The maximum absolute atomic E-state index is 3.32. The molecule has 1 heterocycles. The third-order valence-electron chi connectivity index (χ3n) is 14.3. The van der Waals surface area contributed by atoms with E-state index in [-0.39, 0.29) is 0 Å². The molecule has 0 unspecified atom stereocenters. The predicted molar refractivity (Wildman–Crippen MR) is 296 cm³/mol. The number of anilines is 6. The van der Waals surface area contributed by atoms with E-state index in [0.717, 1.165) is 34.1 Å². The summed E-state index contributed by atoms with van der Waals surface area (Å²) >= 11 is 0. The molecule has 0 saturated heterocycles. The smallest absolute Gasteiger partial charge is 0.181 e. The summed E-state index contributed by atoms with van der Waals surface area (Å²) in [5, 5.41) is 12.6. The molecule has 1 aliphatic rings. The molecule has 2 nitrogen and oxygen atoms in total. The van der Waals surface area contributed by atoms with Crippen molar-refractivity contribution >= 4 is 95.3 Å². The van der Waals surface area contributed by atoms with Crippen LogP contribution in [-0.2, 0) is 0 Å². The van der Waals surface area contributed by atoms with Gasteiger partial charge in [0.2, 0.25) is 0 Å². The third kappa shape index (κ3) is 6.70. The first-order valence-corrected chi connectivity index (χ1v) is 25.8. The number of benzene rings is 12. The van der Waals surface area contributed by atoms with Crippen molar-refractivity contribution < 1.29 is 0 Å². The SMILES string of the molecule is c1ccc(N(c2ccc3c(c2)[Si](c2ccccc2)(c2ccccc2)c2cc(N(c4ccccc4)c4cccc5ccccc45)ccc2-c2cc4ccccc4cc2-3)c2cccc3ccccc23)cc1. The Morgan fingerprint density at radius 3 is 1.00 bits per heavy atom. The van der Waals surface area contributed by atoms with Crippen LogP contribution in [0.3, 0.4) is 0 Å². The van der Waals surface area contributed by atoms with Crippen LogP contribution in [0.1, 0.15) is 0 Å². The van der Waals surface area contributed by atoms with Gasteiger partial charge in [0.05, 0.1) is 11.4 Å². The zero-order valence-corrected chi connectivity index (χ0v) is 39.0. The monoisotopic (exact) mass is 894 g/mol. The van der Waals surface area contributed by atoms with Crippen molar-refractivity contribution in [2.24, 2.45) is 0 Å². The van der Waals surface area contributed by atoms with Crippen LogP contribution in [0.4, 0.5) is 34.1 Å². The van der Waals surface area contributed by atoms with Crippen molar-refractivity contribution in [1.29, 1.82) is 0 Å². The zero-order valence-electron chi connectivity index (χ0n) is 38.0. The van der Waals surface area contributed by atoms with E-state index < -0.39 is 8.07 Å². The molecule has 69 heavy (non-hydrogen) atoms. The summed E-state index contributed by atoms with van der Waals surface area (Å²) < 4.78 is 0. The van der Waals surface area contributed by atoms with E-state index in [1.54, 1.807) is 0 Å². The molecule has 0 aliphatic carbocycles. The van der Waals surface area contributed by atoms with E-state index in [1.807, 2.05) is 0 Å².